The van der Waals surface area contributed by atoms with Crippen molar-refractivity contribution in [1.29, 1.82) is 0 Å². The molecule has 0 saturated heterocycles. The van der Waals surface area contributed by atoms with Crippen LogP contribution in [-0.2, 0) is 16.8 Å². The SMILES string of the molecule is CCCCCCCOc1cc(F)cc(C[C@H](NC(C)=O)[C@@H](O)CNC2(c3cccc(C(C)C)c3)CCCCC2)c1. The third kappa shape index (κ3) is 9.88. The number of benzene rings is 2. The standard InChI is InChI=1S/C34H51FN2O3/c1-5-6-7-8-12-18-40-31-20-27(19-30(35)23-31)21-32(37-26(4)38)33(39)24-36-34(16-10-9-11-17-34)29-15-13-14-28(22-29)25(2)3/h13-15,19-20,22-23,25,32-33,36,39H,5-12,16-18,21,24H2,1-4H3,(H,37,38)/t32-,33-/m0/s1. The van der Waals surface area contributed by atoms with E-state index in [4.69, 9.17) is 4.74 Å². The van der Waals surface area contributed by atoms with Crippen LogP contribution in [0.3, 0.4) is 0 Å². The molecule has 1 fully saturated rings. The highest BCUT2D eigenvalue weighted by Gasteiger charge is 2.35. The van der Waals surface area contributed by atoms with Gasteiger partial charge in [-0.1, -0.05) is 90.0 Å². The van der Waals surface area contributed by atoms with E-state index in [1.54, 1.807) is 0 Å². The van der Waals surface area contributed by atoms with E-state index in [1.807, 2.05) is 6.07 Å². The monoisotopic (exact) mass is 554 g/mol. The largest absolute Gasteiger partial charge is 0.493 e. The quantitative estimate of drug-likeness (QED) is 0.193. The minimum Gasteiger partial charge on any atom is -0.493 e. The van der Waals surface area contributed by atoms with Crippen molar-refractivity contribution in [2.75, 3.05) is 13.2 Å². The first-order chi connectivity index (χ1) is 19.2. The molecule has 3 rings (SSSR count). The lowest BCUT2D eigenvalue weighted by atomic mass is 9.75. The Kier molecular flexibility index (Phi) is 12.9. The van der Waals surface area contributed by atoms with E-state index in [0.717, 1.165) is 38.5 Å². The van der Waals surface area contributed by atoms with Crippen molar-refractivity contribution in [3.8, 4) is 5.75 Å². The van der Waals surface area contributed by atoms with Crippen LogP contribution in [0.2, 0.25) is 0 Å². The molecule has 222 valence electrons. The average Bonchev–Trinajstić information content (AvgIpc) is 2.93. The molecule has 2 aromatic rings. The van der Waals surface area contributed by atoms with Gasteiger partial charge in [0.1, 0.15) is 11.6 Å². The molecule has 0 spiro atoms. The molecule has 40 heavy (non-hydrogen) atoms. The van der Waals surface area contributed by atoms with Crippen molar-refractivity contribution in [2.45, 2.75) is 122 Å². The van der Waals surface area contributed by atoms with E-state index in [2.05, 4.69) is 55.7 Å². The van der Waals surface area contributed by atoms with Crippen molar-refractivity contribution in [3.63, 3.8) is 0 Å². The first-order valence-corrected chi connectivity index (χ1v) is 15.5. The van der Waals surface area contributed by atoms with Gasteiger partial charge in [0, 0.05) is 25.1 Å². The summed E-state index contributed by atoms with van der Waals surface area (Å²) in [6.45, 7) is 8.93. The summed E-state index contributed by atoms with van der Waals surface area (Å²) in [6, 6.07) is 12.9. The highest BCUT2D eigenvalue weighted by molar-refractivity contribution is 5.73. The molecule has 6 heteroatoms. The third-order valence-corrected chi connectivity index (χ3v) is 8.22. The van der Waals surface area contributed by atoms with E-state index >= 15 is 0 Å². The zero-order valence-corrected chi connectivity index (χ0v) is 25.1. The van der Waals surface area contributed by atoms with E-state index in [-0.39, 0.29) is 17.3 Å². The number of carbonyl (C=O) groups excluding carboxylic acids is 1. The third-order valence-electron chi connectivity index (χ3n) is 8.22. The van der Waals surface area contributed by atoms with Crippen LogP contribution < -0.4 is 15.4 Å². The molecular formula is C34H51FN2O3. The molecule has 0 aromatic heterocycles. The first-order valence-electron chi connectivity index (χ1n) is 15.5. The summed E-state index contributed by atoms with van der Waals surface area (Å²) in [5.74, 6) is 0.335. The topological polar surface area (TPSA) is 70.6 Å². The predicted molar refractivity (Wildman–Crippen MR) is 161 cm³/mol. The lowest BCUT2D eigenvalue weighted by Gasteiger charge is -2.40. The second kappa shape index (κ2) is 16.1. The minimum absolute atomic E-state index is 0.206. The van der Waals surface area contributed by atoms with Gasteiger partial charge in [0.05, 0.1) is 18.8 Å². The van der Waals surface area contributed by atoms with E-state index in [0.29, 0.717) is 36.8 Å². The van der Waals surface area contributed by atoms with Gasteiger partial charge in [-0.2, -0.15) is 0 Å². The van der Waals surface area contributed by atoms with Crippen LogP contribution >= 0.6 is 0 Å². The lowest BCUT2D eigenvalue weighted by molar-refractivity contribution is -0.120. The molecule has 2 atom stereocenters. The van der Waals surface area contributed by atoms with Crippen molar-refractivity contribution in [1.82, 2.24) is 10.6 Å². The van der Waals surface area contributed by atoms with Crippen LogP contribution in [0.15, 0.2) is 42.5 Å². The van der Waals surface area contributed by atoms with Gasteiger partial charge >= 0.3 is 0 Å². The van der Waals surface area contributed by atoms with Gasteiger partial charge in [0.2, 0.25) is 5.91 Å². The Bertz CT molecular complexity index is 1050. The molecule has 2 aromatic carbocycles. The summed E-state index contributed by atoms with van der Waals surface area (Å²) in [5, 5.41) is 18.0. The Morgan fingerprint density at radius 3 is 2.50 bits per heavy atom. The Labute approximate surface area is 241 Å². The number of aliphatic hydroxyl groups is 1. The zero-order valence-electron chi connectivity index (χ0n) is 25.1. The average molecular weight is 555 g/mol. The molecule has 0 unspecified atom stereocenters. The number of amides is 1. The maximum absolute atomic E-state index is 14.5. The number of nitrogens with one attached hydrogen (secondary N) is 2. The first kappa shape index (κ1) is 32.1. The van der Waals surface area contributed by atoms with Crippen LogP contribution in [0.1, 0.15) is 115 Å². The molecule has 1 amide bonds. The lowest BCUT2D eigenvalue weighted by Crippen LogP contribution is -2.53. The smallest absolute Gasteiger partial charge is 0.217 e. The normalized spacial score (nSPS) is 16.5. The molecule has 0 radical (unpaired) electrons. The van der Waals surface area contributed by atoms with Gasteiger partial charge in [-0.25, -0.2) is 4.39 Å². The summed E-state index contributed by atoms with van der Waals surface area (Å²) in [5.41, 5.74) is 3.06. The highest BCUT2D eigenvalue weighted by atomic mass is 19.1. The Balaban J connectivity index is 1.69. The van der Waals surface area contributed by atoms with Gasteiger partial charge in [-0.05, 0) is 60.4 Å². The van der Waals surface area contributed by atoms with Crippen LogP contribution in [0.4, 0.5) is 4.39 Å². The van der Waals surface area contributed by atoms with Gasteiger partial charge in [-0.15, -0.1) is 0 Å². The predicted octanol–water partition coefficient (Wildman–Crippen LogP) is 7.16. The van der Waals surface area contributed by atoms with Gasteiger partial charge in [0.25, 0.3) is 0 Å². The van der Waals surface area contributed by atoms with Gasteiger partial charge in [0.15, 0.2) is 0 Å². The summed E-state index contributed by atoms with van der Waals surface area (Å²) in [7, 11) is 0. The molecule has 0 bridgehead atoms. The van der Waals surface area contributed by atoms with Crippen LogP contribution in [0.5, 0.6) is 5.75 Å². The second-order valence-electron chi connectivity index (χ2n) is 11.9. The minimum atomic E-state index is -0.845. The number of ether oxygens (including phenoxy) is 1. The number of rotatable bonds is 16. The van der Waals surface area contributed by atoms with E-state index in [1.165, 1.54) is 55.9 Å². The maximum Gasteiger partial charge on any atom is 0.217 e. The number of hydrogen-bond acceptors (Lipinski definition) is 4. The molecule has 1 saturated carbocycles. The summed E-state index contributed by atoms with van der Waals surface area (Å²) >= 11 is 0. The van der Waals surface area contributed by atoms with Crippen molar-refractivity contribution >= 4 is 5.91 Å². The number of halogens is 1. The van der Waals surface area contributed by atoms with Crippen molar-refractivity contribution in [2.24, 2.45) is 0 Å². The molecule has 1 aliphatic rings. The summed E-state index contributed by atoms with van der Waals surface area (Å²) < 4.78 is 20.3. The number of unbranched alkanes of at least 4 members (excludes halogenated alkanes) is 4. The number of aliphatic hydroxyl groups excluding tert-OH is 1. The van der Waals surface area contributed by atoms with Crippen LogP contribution in [0.25, 0.3) is 0 Å². The van der Waals surface area contributed by atoms with E-state index < -0.39 is 12.1 Å². The second-order valence-corrected chi connectivity index (χ2v) is 11.9. The molecular weight excluding hydrogens is 503 g/mol. The van der Waals surface area contributed by atoms with Crippen LogP contribution in [-0.4, -0.2) is 36.3 Å². The Morgan fingerprint density at radius 2 is 1.80 bits per heavy atom. The molecule has 5 nitrogen and oxygen atoms in total. The zero-order chi connectivity index (χ0) is 29.0. The maximum atomic E-state index is 14.5. The van der Waals surface area contributed by atoms with Crippen LogP contribution in [0, 0.1) is 5.82 Å². The summed E-state index contributed by atoms with van der Waals surface area (Å²) in [4.78, 5) is 12.1. The Morgan fingerprint density at radius 1 is 1.05 bits per heavy atom. The fourth-order valence-electron chi connectivity index (χ4n) is 5.88. The Hall–Kier alpha value is -2.44. The highest BCUT2D eigenvalue weighted by Crippen LogP contribution is 2.38. The van der Waals surface area contributed by atoms with Crippen molar-refractivity contribution in [3.05, 3.63) is 65.0 Å². The van der Waals surface area contributed by atoms with E-state index in [9.17, 15) is 14.3 Å². The molecule has 1 aliphatic carbocycles. The number of hydrogen-bond donors (Lipinski definition) is 3. The summed E-state index contributed by atoms with van der Waals surface area (Å²) in [6.07, 6.45) is 10.6. The van der Waals surface area contributed by atoms with Gasteiger partial charge in [-0.3, -0.25) is 4.79 Å². The van der Waals surface area contributed by atoms with Crippen molar-refractivity contribution < 1.29 is 19.0 Å². The molecule has 0 aliphatic heterocycles. The fraction of sp³-hybridized carbons (Fsp3) is 0.618. The van der Waals surface area contributed by atoms with Gasteiger partial charge < -0.3 is 20.5 Å². The molecule has 0 heterocycles. The fourth-order valence-corrected chi connectivity index (χ4v) is 5.88. The molecule has 3 N–H and O–H groups in total. The number of carbonyl (C=O) groups is 1.